The lowest BCUT2D eigenvalue weighted by atomic mass is 9.98. The van der Waals surface area contributed by atoms with E-state index in [0.717, 1.165) is 18.5 Å². The number of nitrogens with one attached hydrogen (secondary N) is 1. The van der Waals surface area contributed by atoms with E-state index in [4.69, 9.17) is 0 Å². The molecular weight excluding hydrogens is 174 g/mol. The summed E-state index contributed by atoms with van der Waals surface area (Å²) in [6, 6.07) is 10.1. The summed E-state index contributed by atoms with van der Waals surface area (Å²) in [5, 5.41) is 13.4. The lowest BCUT2D eigenvalue weighted by molar-refractivity contribution is 0.136. The molecule has 1 heterocycles. The first-order chi connectivity index (χ1) is 6.77. The smallest absolute Gasteiger partial charge is 0.0943 e. The molecule has 1 saturated heterocycles. The van der Waals surface area contributed by atoms with Gasteiger partial charge in [0.25, 0.3) is 0 Å². The fraction of sp³-hybridized carbons (Fsp3) is 0.500. The van der Waals surface area contributed by atoms with Crippen molar-refractivity contribution in [2.75, 3.05) is 6.54 Å². The normalized spacial score (nSPS) is 29.0. The van der Waals surface area contributed by atoms with Gasteiger partial charge in [0.15, 0.2) is 0 Å². The third-order valence-electron chi connectivity index (χ3n) is 2.91. The molecule has 1 aliphatic heterocycles. The molecule has 0 aliphatic carbocycles. The molecule has 0 spiro atoms. The second-order valence-electron chi connectivity index (χ2n) is 4.21. The first-order valence-corrected chi connectivity index (χ1v) is 5.24. The SMILES string of the molecule is C[C@H]1CN[C@H](C(O)c2ccccc2)C1. The van der Waals surface area contributed by atoms with E-state index in [1.54, 1.807) is 0 Å². The second-order valence-corrected chi connectivity index (χ2v) is 4.21. The summed E-state index contributed by atoms with van der Waals surface area (Å²) >= 11 is 0. The van der Waals surface area contributed by atoms with E-state index in [9.17, 15) is 5.11 Å². The van der Waals surface area contributed by atoms with Crippen molar-refractivity contribution >= 4 is 0 Å². The molecule has 0 aromatic heterocycles. The molecule has 1 aromatic carbocycles. The molecule has 0 amide bonds. The summed E-state index contributed by atoms with van der Waals surface area (Å²) in [6.45, 7) is 3.24. The fourth-order valence-corrected chi connectivity index (χ4v) is 2.08. The molecule has 0 bridgehead atoms. The molecular formula is C12H17NO. The molecule has 3 atom stereocenters. The predicted molar refractivity (Wildman–Crippen MR) is 57.0 cm³/mol. The predicted octanol–water partition coefficient (Wildman–Crippen LogP) is 1.72. The van der Waals surface area contributed by atoms with Gasteiger partial charge in [0.05, 0.1) is 6.10 Å². The van der Waals surface area contributed by atoms with E-state index < -0.39 is 0 Å². The van der Waals surface area contributed by atoms with Crippen LogP contribution in [0.4, 0.5) is 0 Å². The minimum absolute atomic E-state index is 0.229. The van der Waals surface area contributed by atoms with Crippen molar-refractivity contribution < 1.29 is 5.11 Å². The molecule has 1 aromatic rings. The maximum Gasteiger partial charge on any atom is 0.0943 e. The highest BCUT2D eigenvalue weighted by molar-refractivity contribution is 5.19. The average Bonchev–Trinajstić information content (AvgIpc) is 2.65. The highest BCUT2D eigenvalue weighted by Crippen LogP contribution is 2.25. The maximum atomic E-state index is 10.1. The number of benzene rings is 1. The lowest BCUT2D eigenvalue weighted by Gasteiger charge is -2.18. The van der Waals surface area contributed by atoms with Gasteiger partial charge in [0, 0.05) is 6.04 Å². The van der Waals surface area contributed by atoms with Crippen molar-refractivity contribution in [3.63, 3.8) is 0 Å². The Labute approximate surface area is 85.0 Å². The molecule has 2 N–H and O–H groups in total. The van der Waals surface area contributed by atoms with E-state index in [0.29, 0.717) is 5.92 Å². The Morgan fingerprint density at radius 2 is 2.07 bits per heavy atom. The molecule has 2 heteroatoms. The van der Waals surface area contributed by atoms with E-state index in [1.807, 2.05) is 30.3 Å². The Hall–Kier alpha value is -0.860. The van der Waals surface area contributed by atoms with E-state index in [1.165, 1.54) is 0 Å². The first-order valence-electron chi connectivity index (χ1n) is 5.24. The molecule has 14 heavy (non-hydrogen) atoms. The van der Waals surface area contributed by atoms with Gasteiger partial charge in [0.2, 0.25) is 0 Å². The molecule has 0 radical (unpaired) electrons. The van der Waals surface area contributed by atoms with Crippen LogP contribution in [0.15, 0.2) is 30.3 Å². The number of aliphatic hydroxyl groups excluding tert-OH is 1. The second kappa shape index (κ2) is 4.11. The summed E-state index contributed by atoms with van der Waals surface area (Å²) in [5.74, 6) is 0.679. The van der Waals surface area contributed by atoms with Crippen LogP contribution in [-0.4, -0.2) is 17.7 Å². The van der Waals surface area contributed by atoms with Crippen molar-refractivity contribution in [3.05, 3.63) is 35.9 Å². The van der Waals surface area contributed by atoms with E-state index in [-0.39, 0.29) is 12.1 Å². The topological polar surface area (TPSA) is 32.3 Å². The minimum Gasteiger partial charge on any atom is -0.387 e. The van der Waals surface area contributed by atoms with Gasteiger partial charge in [-0.05, 0) is 24.4 Å². The molecule has 0 saturated carbocycles. The van der Waals surface area contributed by atoms with Gasteiger partial charge in [-0.25, -0.2) is 0 Å². The van der Waals surface area contributed by atoms with Crippen LogP contribution in [0.2, 0.25) is 0 Å². The monoisotopic (exact) mass is 191 g/mol. The van der Waals surface area contributed by atoms with Crippen LogP contribution in [0.1, 0.15) is 25.0 Å². The van der Waals surface area contributed by atoms with Crippen LogP contribution in [-0.2, 0) is 0 Å². The summed E-state index contributed by atoms with van der Waals surface area (Å²) in [7, 11) is 0. The third-order valence-corrected chi connectivity index (χ3v) is 2.91. The summed E-state index contributed by atoms with van der Waals surface area (Å²) in [4.78, 5) is 0. The van der Waals surface area contributed by atoms with E-state index >= 15 is 0 Å². The zero-order valence-electron chi connectivity index (χ0n) is 8.48. The highest BCUT2D eigenvalue weighted by atomic mass is 16.3. The van der Waals surface area contributed by atoms with Crippen LogP contribution in [0, 0.1) is 5.92 Å². The maximum absolute atomic E-state index is 10.1. The van der Waals surface area contributed by atoms with Gasteiger partial charge in [-0.1, -0.05) is 37.3 Å². The van der Waals surface area contributed by atoms with Gasteiger partial charge in [0.1, 0.15) is 0 Å². The van der Waals surface area contributed by atoms with Crippen molar-refractivity contribution in [1.29, 1.82) is 0 Å². The minimum atomic E-state index is -0.360. The molecule has 1 unspecified atom stereocenters. The van der Waals surface area contributed by atoms with Crippen LogP contribution in [0.3, 0.4) is 0 Å². The number of hydrogen-bond donors (Lipinski definition) is 2. The molecule has 76 valence electrons. The Balaban J connectivity index is 2.05. The van der Waals surface area contributed by atoms with Crippen LogP contribution >= 0.6 is 0 Å². The zero-order valence-corrected chi connectivity index (χ0v) is 8.48. The summed E-state index contributed by atoms with van der Waals surface area (Å²) in [6.07, 6.45) is 0.705. The molecule has 2 nitrogen and oxygen atoms in total. The van der Waals surface area contributed by atoms with Crippen molar-refractivity contribution in [1.82, 2.24) is 5.32 Å². The van der Waals surface area contributed by atoms with Crippen molar-refractivity contribution in [3.8, 4) is 0 Å². The Bertz CT molecular complexity index is 286. The molecule has 1 fully saturated rings. The van der Waals surface area contributed by atoms with Crippen molar-refractivity contribution in [2.24, 2.45) is 5.92 Å². The number of rotatable bonds is 2. The van der Waals surface area contributed by atoms with Crippen LogP contribution in [0.25, 0.3) is 0 Å². The Morgan fingerprint density at radius 1 is 1.36 bits per heavy atom. The Morgan fingerprint density at radius 3 is 2.64 bits per heavy atom. The van der Waals surface area contributed by atoms with Gasteiger partial charge in [-0.3, -0.25) is 0 Å². The first kappa shape index (κ1) is 9.69. The standard InChI is InChI=1S/C12H17NO/c1-9-7-11(13-8-9)12(14)10-5-3-2-4-6-10/h2-6,9,11-14H,7-8H2,1H3/t9-,11+,12?/m1/s1. The van der Waals surface area contributed by atoms with Crippen molar-refractivity contribution in [2.45, 2.75) is 25.5 Å². The quantitative estimate of drug-likeness (QED) is 0.746. The summed E-state index contributed by atoms with van der Waals surface area (Å²) in [5.41, 5.74) is 1.01. The number of hydrogen-bond acceptors (Lipinski definition) is 2. The third kappa shape index (κ3) is 1.97. The van der Waals surface area contributed by atoms with Gasteiger partial charge >= 0.3 is 0 Å². The number of aliphatic hydroxyl groups is 1. The molecule has 2 rings (SSSR count). The van der Waals surface area contributed by atoms with Gasteiger partial charge in [-0.2, -0.15) is 0 Å². The average molecular weight is 191 g/mol. The van der Waals surface area contributed by atoms with Crippen LogP contribution in [0.5, 0.6) is 0 Å². The largest absolute Gasteiger partial charge is 0.387 e. The van der Waals surface area contributed by atoms with Crippen LogP contribution < -0.4 is 5.32 Å². The highest BCUT2D eigenvalue weighted by Gasteiger charge is 2.27. The lowest BCUT2D eigenvalue weighted by Crippen LogP contribution is -2.28. The van der Waals surface area contributed by atoms with E-state index in [2.05, 4.69) is 12.2 Å². The summed E-state index contributed by atoms with van der Waals surface area (Å²) < 4.78 is 0. The zero-order chi connectivity index (χ0) is 9.97. The van der Waals surface area contributed by atoms with Gasteiger partial charge in [-0.15, -0.1) is 0 Å². The molecule has 1 aliphatic rings. The Kier molecular flexibility index (Phi) is 2.85. The fourth-order valence-electron chi connectivity index (χ4n) is 2.08. The van der Waals surface area contributed by atoms with Gasteiger partial charge < -0.3 is 10.4 Å².